The molecule has 118 valence electrons. The Kier molecular flexibility index (Phi) is 6.77. The van der Waals surface area contributed by atoms with Crippen molar-refractivity contribution in [1.29, 1.82) is 0 Å². The van der Waals surface area contributed by atoms with Crippen molar-refractivity contribution < 1.29 is 18.7 Å². The Morgan fingerprint density at radius 3 is 2.62 bits per heavy atom. The van der Waals surface area contributed by atoms with Crippen LogP contribution >= 0.6 is 7.60 Å². The molecule has 0 bridgehead atoms. The van der Waals surface area contributed by atoms with Gasteiger partial charge in [0.15, 0.2) is 0 Å². The van der Waals surface area contributed by atoms with Gasteiger partial charge in [0.2, 0.25) is 0 Å². The van der Waals surface area contributed by atoms with Gasteiger partial charge < -0.3 is 19.9 Å². The number of aliphatic hydroxyl groups excluding tert-OH is 1. The summed E-state index contributed by atoms with van der Waals surface area (Å²) in [6.07, 6.45) is 1.66. The molecule has 1 aromatic heterocycles. The maximum Gasteiger partial charge on any atom is 0.353 e. The second kappa shape index (κ2) is 8.09. The van der Waals surface area contributed by atoms with Crippen LogP contribution in [0.25, 0.3) is 0 Å². The Hall–Kier alpha value is -1.47. The molecule has 0 fully saturated rings. The minimum atomic E-state index is -3.36. The first-order chi connectivity index (χ1) is 9.90. The molecule has 0 saturated heterocycles. The molecule has 0 aliphatic rings. The van der Waals surface area contributed by atoms with E-state index in [1.54, 1.807) is 13.8 Å². The summed E-state index contributed by atoms with van der Waals surface area (Å²) in [7, 11) is -3.36. The second-order valence-electron chi connectivity index (χ2n) is 4.07. The van der Waals surface area contributed by atoms with E-state index < -0.39 is 19.4 Å². The number of aromatic nitrogens is 2. The van der Waals surface area contributed by atoms with Crippen LogP contribution in [0.5, 0.6) is 0 Å². The van der Waals surface area contributed by atoms with Crippen molar-refractivity contribution in [3.8, 4) is 0 Å². The first-order valence-corrected chi connectivity index (χ1v) is 8.10. The predicted molar refractivity (Wildman–Crippen MR) is 78.9 cm³/mol. The molecular weight excluding hydrogens is 297 g/mol. The van der Waals surface area contributed by atoms with Crippen molar-refractivity contribution in [2.75, 3.05) is 18.9 Å². The molecule has 1 aromatic rings. The van der Waals surface area contributed by atoms with Crippen molar-refractivity contribution in [2.24, 2.45) is 0 Å². The molecule has 0 spiro atoms. The van der Waals surface area contributed by atoms with E-state index in [0.717, 1.165) is 0 Å². The van der Waals surface area contributed by atoms with Gasteiger partial charge in [0.05, 0.1) is 25.9 Å². The largest absolute Gasteiger partial charge is 0.387 e. The SMILES string of the molecule is CCOP(=O)(/C=C/C(O)Cn1ccc(N)nc1=O)OCC. The summed E-state index contributed by atoms with van der Waals surface area (Å²) in [5, 5.41) is 9.86. The third kappa shape index (κ3) is 5.81. The van der Waals surface area contributed by atoms with Gasteiger partial charge in [-0.1, -0.05) is 0 Å². The van der Waals surface area contributed by atoms with Crippen LogP contribution < -0.4 is 11.4 Å². The zero-order chi connectivity index (χ0) is 15.9. The van der Waals surface area contributed by atoms with Crippen LogP contribution in [0.15, 0.2) is 29.0 Å². The summed E-state index contributed by atoms with van der Waals surface area (Å²) in [5.74, 6) is 1.30. The van der Waals surface area contributed by atoms with Gasteiger partial charge in [-0.25, -0.2) is 4.79 Å². The summed E-state index contributed by atoms with van der Waals surface area (Å²) in [6.45, 7) is 3.78. The highest BCUT2D eigenvalue weighted by Crippen LogP contribution is 2.49. The van der Waals surface area contributed by atoms with Crippen LogP contribution in [0.4, 0.5) is 5.82 Å². The summed E-state index contributed by atoms with van der Waals surface area (Å²) < 4.78 is 23.4. The van der Waals surface area contributed by atoms with Gasteiger partial charge in [-0.15, -0.1) is 0 Å². The molecule has 0 radical (unpaired) electrons. The first-order valence-electron chi connectivity index (χ1n) is 6.49. The highest BCUT2D eigenvalue weighted by atomic mass is 31.2. The molecule has 8 nitrogen and oxygen atoms in total. The van der Waals surface area contributed by atoms with Gasteiger partial charge in [0.25, 0.3) is 0 Å². The topological polar surface area (TPSA) is 117 Å². The Bertz CT molecular complexity index is 577. The number of hydrogen-bond acceptors (Lipinski definition) is 7. The van der Waals surface area contributed by atoms with Crippen LogP contribution in [-0.4, -0.2) is 34.0 Å². The lowest BCUT2D eigenvalue weighted by Crippen LogP contribution is -2.27. The number of hydrogen-bond donors (Lipinski definition) is 2. The molecule has 0 aliphatic heterocycles. The van der Waals surface area contributed by atoms with Gasteiger partial charge in [-0.3, -0.25) is 9.13 Å². The minimum absolute atomic E-state index is 0.0408. The molecule has 9 heteroatoms. The lowest BCUT2D eigenvalue weighted by molar-refractivity contribution is 0.197. The van der Waals surface area contributed by atoms with Crippen molar-refractivity contribution in [1.82, 2.24) is 9.55 Å². The molecular formula is C12H20N3O5P. The lowest BCUT2D eigenvalue weighted by Gasteiger charge is -2.14. The van der Waals surface area contributed by atoms with Gasteiger partial charge in [-0.2, -0.15) is 4.98 Å². The zero-order valence-electron chi connectivity index (χ0n) is 12.0. The summed E-state index contributed by atoms with van der Waals surface area (Å²) in [6, 6.07) is 1.45. The van der Waals surface area contributed by atoms with Gasteiger partial charge in [0.1, 0.15) is 5.82 Å². The Morgan fingerprint density at radius 2 is 2.10 bits per heavy atom. The highest BCUT2D eigenvalue weighted by Gasteiger charge is 2.19. The first kappa shape index (κ1) is 17.6. The van der Waals surface area contributed by atoms with Crippen molar-refractivity contribution in [3.05, 3.63) is 34.6 Å². The average molecular weight is 317 g/mol. The van der Waals surface area contributed by atoms with Crippen LogP contribution in [0.1, 0.15) is 13.8 Å². The predicted octanol–water partition coefficient (Wildman–Crippen LogP) is 0.966. The van der Waals surface area contributed by atoms with Crippen LogP contribution in [0, 0.1) is 0 Å². The van der Waals surface area contributed by atoms with Gasteiger partial charge >= 0.3 is 13.3 Å². The van der Waals surface area contributed by atoms with E-state index in [9.17, 15) is 14.5 Å². The van der Waals surface area contributed by atoms with E-state index in [1.165, 1.54) is 28.7 Å². The number of aliphatic hydroxyl groups is 1. The fraction of sp³-hybridized carbons (Fsp3) is 0.500. The van der Waals surface area contributed by atoms with Crippen molar-refractivity contribution in [2.45, 2.75) is 26.5 Å². The molecule has 1 unspecified atom stereocenters. The molecule has 3 N–H and O–H groups in total. The normalized spacial score (nSPS) is 13.7. The Balaban J connectivity index is 2.75. The molecule has 0 aromatic carbocycles. The average Bonchev–Trinajstić information content (AvgIpc) is 2.40. The van der Waals surface area contributed by atoms with Gasteiger partial charge in [-0.05, 0) is 26.0 Å². The maximum atomic E-state index is 12.1. The van der Waals surface area contributed by atoms with Crippen LogP contribution in [0.2, 0.25) is 0 Å². The smallest absolute Gasteiger partial charge is 0.353 e. The van der Waals surface area contributed by atoms with Crippen LogP contribution in [-0.2, 0) is 20.2 Å². The number of nitrogens with two attached hydrogens (primary N) is 1. The van der Waals surface area contributed by atoms with E-state index >= 15 is 0 Å². The Labute approximate surface area is 122 Å². The third-order valence-electron chi connectivity index (χ3n) is 2.39. The van der Waals surface area contributed by atoms with Gasteiger partial charge in [0, 0.05) is 12.0 Å². The number of nitrogens with zero attached hydrogens (tertiary/aromatic N) is 2. The monoisotopic (exact) mass is 317 g/mol. The molecule has 1 rings (SSSR count). The van der Waals surface area contributed by atoms with E-state index in [2.05, 4.69) is 4.98 Å². The quantitative estimate of drug-likeness (QED) is 0.686. The maximum absolute atomic E-state index is 12.1. The fourth-order valence-electron chi connectivity index (χ4n) is 1.53. The second-order valence-corrected chi connectivity index (χ2v) is 5.97. The molecule has 1 atom stereocenters. The van der Waals surface area contributed by atoms with E-state index in [0.29, 0.717) is 0 Å². The highest BCUT2D eigenvalue weighted by molar-refractivity contribution is 7.57. The fourth-order valence-corrected chi connectivity index (χ4v) is 2.91. The van der Waals surface area contributed by atoms with Crippen molar-refractivity contribution >= 4 is 13.4 Å². The number of rotatable bonds is 8. The molecule has 0 aliphatic carbocycles. The van der Waals surface area contributed by atoms with E-state index in [4.69, 9.17) is 14.8 Å². The molecule has 1 heterocycles. The summed E-state index contributed by atoms with van der Waals surface area (Å²) in [5.41, 5.74) is 4.80. The summed E-state index contributed by atoms with van der Waals surface area (Å²) >= 11 is 0. The van der Waals surface area contributed by atoms with E-state index in [-0.39, 0.29) is 25.6 Å². The van der Waals surface area contributed by atoms with Crippen LogP contribution in [0.3, 0.4) is 0 Å². The number of anilines is 1. The minimum Gasteiger partial charge on any atom is -0.387 e. The molecule has 21 heavy (non-hydrogen) atoms. The summed E-state index contributed by atoms with van der Waals surface area (Å²) in [4.78, 5) is 15.1. The lowest BCUT2D eigenvalue weighted by atomic mass is 10.3. The molecule has 0 amide bonds. The zero-order valence-corrected chi connectivity index (χ0v) is 12.9. The Morgan fingerprint density at radius 1 is 1.48 bits per heavy atom. The van der Waals surface area contributed by atoms with Crippen molar-refractivity contribution in [3.63, 3.8) is 0 Å². The molecule has 0 saturated carbocycles. The standard InChI is InChI=1S/C12H20N3O5P/c1-3-19-21(18,20-4-2)8-6-10(16)9-15-7-5-11(13)14-12(15)17/h5-8,10,16H,3-4,9H2,1-2H3,(H2,13,14,17)/b8-6+. The number of nitrogen functional groups attached to an aromatic ring is 1. The third-order valence-corrected chi connectivity index (χ3v) is 4.16. The van der Waals surface area contributed by atoms with E-state index in [1.807, 2.05) is 0 Å².